The molecule has 0 bridgehead atoms. The van der Waals surface area contributed by atoms with Crippen LogP contribution in [0.2, 0.25) is 0 Å². The van der Waals surface area contributed by atoms with Crippen LogP contribution in [-0.2, 0) is 24.6 Å². The third-order valence-electron chi connectivity index (χ3n) is 4.83. The third kappa shape index (κ3) is 6.03. The molecule has 30 heavy (non-hydrogen) atoms. The molecule has 0 atom stereocenters. The summed E-state index contributed by atoms with van der Waals surface area (Å²) in [5.41, 5.74) is 2.62. The largest absolute Gasteiger partial charge is 0.330 e. The lowest BCUT2D eigenvalue weighted by molar-refractivity contribution is 0.756. The molecular formula is C24H26N4S2. The Morgan fingerprint density at radius 1 is 0.600 bits per heavy atom. The molecular weight excluding hydrogens is 408 g/mol. The van der Waals surface area contributed by atoms with Crippen LogP contribution in [0.5, 0.6) is 0 Å². The summed E-state index contributed by atoms with van der Waals surface area (Å²) in [6.45, 7) is 1.77. The van der Waals surface area contributed by atoms with E-state index in [0.29, 0.717) is 0 Å². The van der Waals surface area contributed by atoms with Crippen molar-refractivity contribution in [1.82, 2.24) is 19.1 Å². The first kappa shape index (κ1) is 20.8. The van der Waals surface area contributed by atoms with Gasteiger partial charge >= 0.3 is 0 Å². The molecule has 4 nitrogen and oxygen atoms in total. The summed E-state index contributed by atoms with van der Waals surface area (Å²) in [6.07, 6.45) is 7.95. The topological polar surface area (TPSA) is 35.6 Å². The van der Waals surface area contributed by atoms with Crippen molar-refractivity contribution >= 4 is 23.5 Å². The molecule has 0 spiro atoms. The van der Waals surface area contributed by atoms with E-state index in [2.05, 4.69) is 92.2 Å². The minimum absolute atomic E-state index is 0.884. The molecule has 0 fully saturated rings. The van der Waals surface area contributed by atoms with Gasteiger partial charge in [-0.25, -0.2) is 9.97 Å². The second-order valence-corrected chi connectivity index (χ2v) is 9.23. The van der Waals surface area contributed by atoms with Crippen LogP contribution in [0, 0.1) is 0 Å². The Morgan fingerprint density at radius 3 is 1.47 bits per heavy atom. The predicted octanol–water partition coefficient (Wildman–Crippen LogP) is 5.34. The maximum absolute atomic E-state index is 4.54. The minimum Gasteiger partial charge on any atom is -0.330 e. The number of hydrogen-bond donors (Lipinski definition) is 0. The highest BCUT2D eigenvalue weighted by molar-refractivity contribution is 8.02. The van der Waals surface area contributed by atoms with E-state index in [1.165, 1.54) is 11.1 Å². The van der Waals surface area contributed by atoms with Crippen LogP contribution >= 0.6 is 23.5 Å². The smallest absolute Gasteiger partial charge is 0.118 e. The first-order valence-corrected chi connectivity index (χ1v) is 12.4. The number of rotatable bonds is 11. The third-order valence-corrected chi connectivity index (χ3v) is 7.00. The number of nitrogens with zero attached hydrogens (tertiary/aromatic N) is 4. The molecule has 2 heterocycles. The lowest BCUT2D eigenvalue weighted by Crippen LogP contribution is -2.04. The number of aromatic nitrogens is 4. The van der Waals surface area contributed by atoms with Gasteiger partial charge < -0.3 is 9.13 Å². The van der Waals surface area contributed by atoms with E-state index in [1.807, 2.05) is 35.9 Å². The maximum atomic E-state index is 4.54. The minimum atomic E-state index is 0.884. The van der Waals surface area contributed by atoms with Crippen molar-refractivity contribution in [3.63, 3.8) is 0 Å². The second kappa shape index (κ2) is 11.1. The maximum Gasteiger partial charge on any atom is 0.118 e. The monoisotopic (exact) mass is 434 g/mol. The first-order chi connectivity index (χ1) is 14.9. The van der Waals surface area contributed by atoms with Crippen LogP contribution < -0.4 is 0 Å². The zero-order chi connectivity index (χ0) is 20.4. The Balaban J connectivity index is 1.18. The summed E-state index contributed by atoms with van der Waals surface area (Å²) < 4.78 is 4.49. The lowest BCUT2D eigenvalue weighted by atomic mass is 10.2. The molecule has 4 aromatic rings. The van der Waals surface area contributed by atoms with Crippen LogP contribution in [0.1, 0.15) is 22.8 Å². The van der Waals surface area contributed by atoms with E-state index in [1.54, 1.807) is 0 Å². The number of thioether (sulfide) groups is 2. The van der Waals surface area contributed by atoms with E-state index < -0.39 is 0 Å². The van der Waals surface area contributed by atoms with Crippen molar-refractivity contribution in [2.75, 3.05) is 11.5 Å². The first-order valence-electron chi connectivity index (χ1n) is 10.1. The van der Waals surface area contributed by atoms with E-state index >= 15 is 0 Å². The average molecular weight is 435 g/mol. The predicted molar refractivity (Wildman–Crippen MR) is 128 cm³/mol. The SMILES string of the molecule is c1ccc(Cn2ccnc2CSCCSCc2nccn2Cc2ccccc2)cc1. The molecule has 0 radical (unpaired) electrons. The van der Waals surface area contributed by atoms with Crippen molar-refractivity contribution in [2.45, 2.75) is 24.6 Å². The van der Waals surface area contributed by atoms with Gasteiger partial charge in [-0.15, -0.1) is 0 Å². The molecule has 2 aromatic heterocycles. The van der Waals surface area contributed by atoms with Crippen LogP contribution in [0.3, 0.4) is 0 Å². The van der Waals surface area contributed by atoms with Gasteiger partial charge in [0.25, 0.3) is 0 Å². The molecule has 6 heteroatoms. The zero-order valence-electron chi connectivity index (χ0n) is 16.9. The van der Waals surface area contributed by atoms with Crippen LogP contribution in [0.25, 0.3) is 0 Å². The molecule has 154 valence electrons. The van der Waals surface area contributed by atoms with Gasteiger partial charge in [0.1, 0.15) is 11.6 Å². The molecule has 2 aromatic carbocycles. The molecule has 4 rings (SSSR count). The Kier molecular flexibility index (Phi) is 7.69. The molecule has 0 aliphatic heterocycles. The summed E-state index contributed by atoms with van der Waals surface area (Å²) >= 11 is 3.90. The fourth-order valence-electron chi connectivity index (χ4n) is 3.25. The number of hydrogen-bond acceptors (Lipinski definition) is 4. The molecule has 0 aliphatic rings. The van der Waals surface area contributed by atoms with Gasteiger partial charge in [0.05, 0.1) is 11.5 Å². The van der Waals surface area contributed by atoms with E-state index in [9.17, 15) is 0 Å². The average Bonchev–Trinajstić information content (AvgIpc) is 3.41. The quantitative estimate of drug-likeness (QED) is 0.298. The highest BCUT2D eigenvalue weighted by Crippen LogP contribution is 2.17. The highest BCUT2D eigenvalue weighted by atomic mass is 32.2. The van der Waals surface area contributed by atoms with Gasteiger partial charge in [-0.3, -0.25) is 0 Å². The normalized spacial score (nSPS) is 11.1. The fourth-order valence-corrected chi connectivity index (χ4v) is 5.33. The Bertz CT molecular complexity index is 928. The van der Waals surface area contributed by atoms with Crippen LogP contribution in [-0.4, -0.2) is 30.6 Å². The van der Waals surface area contributed by atoms with E-state index in [-0.39, 0.29) is 0 Å². The summed E-state index contributed by atoms with van der Waals surface area (Å²) in [4.78, 5) is 9.09. The van der Waals surface area contributed by atoms with Gasteiger partial charge in [0.15, 0.2) is 0 Å². The molecule has 0 saturated heterocycles. The van der Waals surface area contributed by atoms with Crippen molar-refractivity contribution < 1.29 is 0 Å². The molecule has 0 saturated carbocycles. The Labute approximate surface area is 186 Å². The zero-order valence-corrected chi connectivity index (χ0v) is 18.6. The van der Waals surface area contributed by atoms with Crippen molar-refractivity contribution in [2.24, 2.45) is 0 Å². The summed E-state index contributed by atoms with van der Waals surface area (Å²) in [7, 11) is 0. The van der Waals surface area contributed by atoms with E-state index in [0.717, 1.165) is 47.7 Å². The number of benzene rings is 2. The van der Waals surface area contributed by atoms with Gasteiger partial charge in [-0.05, 0) is 11.1 Å². The van der Waals surface area contributed by atoms with Crippen molar-refractivity contribution in [1.29, 1.82) is 0 Å². The second-order valence-electron chi connectivity index (χ2n) is 7.02. The summed E-state index contributed by atoms with van der Waals surface area (Å²) in [5, 5.41) is 0. The molecule has 0 unspecified atom stereocenters. The van der Waals surface area contributed by atoms with Gasteiger partial charge in [-0.1, -0.05) is 60.7 Å². The van der Waals surface area contributed by atoms with Crippen molar-refractivity contribution in [3.8, 4) is 0 Å². The number of imidazole rings is 2. The van der Waals surface area contributed by atoms with Crippen molar-refractivity contribution in [3.05, 3.63) is 108 Å². The summed E-state index contributed by atoms with van der Waals surface area (Å²) in [5.74, 6) is 6.41. The summed E-state index contributed by atoms with van der Waals surface area (Å²) in [6, 6.07) is 21.1. The van der Waals surface area contributed by atoms with Crippen LogP contribution in [0.4, 0.5) is 0 Å². The van der Waals surface area contributed by atoms with Crippen LogP contribution in [0.15, 0.2) is 85.5 Å². The standard InChI is InChI=1S/C24H26N4S2/c1-3-7-21(8-4-1)17-27-13-11-25-23(27)19-29-15-16-30-20-24-26-12-14-28(24)18-22-9-5-2-6-10-22/h1-14H,15-20H2. The Morgan fingerprint density at radius 2 is 1.03 bits per heavy atom. The van der Waals surface area contributed by atoms with Gasteiger partial charge in [0.2, 0.25) is 0 Å². The lowest BCUT2D eigenvalue weighted by Gasteiger charge is -2.09. The highest BCUT2D eigenvalue weighted by Gasteiger charge is 2.06. The molecule has 0 amide bonds. The molecule has 0 N–H and O–H groups in total. The molecule has 0 aliphatic carbocycles. The van der Waals surface area contributed by atoms with Gasteiger partial charge in [-0.2, -0.15) is 23.5 Å². The fraction of sp³-hybridized carbons (Fsp3) is 0.250. The van der Waals surface area contributed by atoms with E-state index in [4.69, 9.17) is 0 Å². The Hall–Kier alpha value is -2.44. The van der Waals surface area contributed by atoms with Gasteiger partial charge in [0, 0.05) is 49.4 Å².